The minimum Gasteiger partial charge on any atom is -0.387 e. The molecule has 1 aliphatic rings. The number of aromatic nitrogens is 2. The number of hydrogen-bond acceptors (Lipinski definition) is 6. The van der Waals surface area contributed by atoms with Crippen LogP contribution < -0.4 is 0 Å². The maximum Gasteiger partial charge on any atom is 0.252 e. The summed E-state index contributed by atoms with van der Waals surface area (Å²) in [5, 5.41) is 12.8. The topological polar surface area (TPSA) is 88.7 Å². The number of ether oxygens (including phenoxy) is 1. The lowest BCUT2D eigenvalue weighted by atomic mass is 10.0. The number of carbonyl (C=O) groups is 1. The Balaban J connectivity index is 2.14. The van der Waals surface area contributed by atoms with E-state index in [2.05, 4.69) is 10.1 Å². The molecular weight excluding hydrogens is 238 g/mol. The molecule has 1 aromatic heterocycles. The van der Waals surface area contributed by atoms with Crippen molar-refractivity contribution in [1.29, 1.82) is 0 Å². The van der Waals surface area contributed by atoms with Crippen molar-refractivity contribution in [3.05, 3.63) is 11.7 Å². The van der Waals surface area contributed by atoms with Gasteiger partial charge in [0.2, 0.25) is 5.91 Å². The molecule has 0 aliphatic carbocycles. The molecule has 1 saturated heterocycles. The summed E-state index contributed by atoms with van der Waals surface area (Å²) in [7, 11) is 1.55. The Labute approximate surface area is 105 Å². The fourth-order valence-corrected chi connectivity index (χ4v) is 2.17. The minimum absolute atomic E-state index is 0.201. The summed E-state index contributed by atoms with van der Waals surface area (Å²) in [5.41, 5.74) is 0. The van der Waals surface area contributed by atoms with Crippen molar-refractivity contribution in [2.75, 3.05) is 20.3 Å². The first-order chi connectivity index (χ1) is 8.76. The molecule has 0 saturated carbocycles. The van der Waals surface area contributed by atoms with E-state index in [1.807, 2.05) is 0 Å². The summed E-state index contributed by atoms with van der Waals surface area (Å²) in [6.07, 6.45) is 2.73. The summed E-state index contributed by atoms with van der Waals surface area (Å²) in [6, 6.07) is -0.201. The Bertz CT molecular complexity index is 407. The average Bonchev–Trinajstić information content (AvgIpc) is 2.87. The molecule has 7 nitrogen and oxygen atoms in total. The van der Waals surface area contributed by atoms with Crippen LogP contribution in [0.25, 0.3) is 0 Å². The number of aliphatic hydroxyl groups is 1. The fourth-order valence-electron chi connectivity index (χ4n) is 2.17. The molecule has 1 atom stereocenters. The molecule has 0 spiro atoms. The zero-order valence-corrected chi connectivity index (χ0v) is 10.3. The molecule has 0 radical (unpaired) electrons. The van der Waals surface area contributed by atoms with Gasteiger partial charge in [0.1, 0.15) is 13.2 Å². The number of carbonyl (C=O) groups excluding carboxylic acids is 1. The van der Waals surface area contributed by atoms with Crippen molar-refractivity contribution in [3.8, 4) is 0 Å². The zero-order chi connectivity index (χ0) is 13.0. The molecule has 1 amide bonds. The van der Waals surface area contributed by atoms with Crippen LogP contribution in [0.5, 0.6) is 0 Å². The first-order valence-corrected chi connectivity index (χ1v) is 5.98. The fraction of sp³-hybridized carbons (Fsp3) is 0.727. The van der Waals surface area contributed by atoms with Crippen molar-refractivity contribution >= 4 is 5.91 Å². The van der Waals surface area contributed by atoms with E-state index in [0.29, 0.717) is 18.3 Å². The number of methoxy groups -OCH3 is 1. The first kappa shape index (κ1) is 13.0. The van der Waals surface area contributed by atoms with Gasteiger partial charge in [-0.3, -0.25) is 4.79 Å². The summed E-state index contributed by atoms with van der Waals surface area (Å²) in [4.78, 5) is 17.5. The van der Waals surface area contributed by atoms with Crippen LogP contribution in [-0.4, -0.2) is 46.3 Å². The van der Waals surface area contributed by atoms with E-state index >= 15 is 0 Å². The monoisotopic (exact) mass is 255 g/mol. The van der Waals surface area contributed by atoms with E-state index in [-0.39, 0.29) is 18.6 Å². The van der Waals surface area contributed by atoms with Crippen LogP contribution in [0.15, 0.2) is 4.52 Å². The van der Waals surface area contributed by atoms with Gasteiger partial charge in [-0.15, -0.1) is 0 Å². The van der Waals surface area contributed by atoms with Crippen LogP contribution >= 0.6 is 0 Å². The highest BCUT2D eigenvalue weighted by molar-refractivity contribution is 5.77. The third-order valence-corrected chi connectivity index (χ3v) is 3.01. The number of piperidine rings is 1. The molecule has 2 heterocycles. The summed E-state index contributed by atoms with van der Waals surface area (Å²) in [5.74, 6) is 0.593. The minimum atomic E-state index is -0.487. The number of amides is 1. The van der Waals surface area contributed by atoms with Crippen LogP contribution in [0.1, 0.15) is 37.0 Å². The Kier molecular flexibility index (Phi) is 4.27. The second-order valence-electron chi connectivity index (χ2n) is 4.24. The Morgan fingerprint density at radius 1 is 1.61 bits per heavy atom. The van der Waals surface area contributed by atoms with Gasteiger partial charge >= 0.3 is 0 Å². The highest BCUT2D eigenvalue weighted by Crippen LogP contribution is 2.29. The van der Waals surface area contributed by atoms with E-state index < -0.39 is 6.61 Å². The number of likely N-dealkylation sites (tertiary alicyclic amines) is 1. The van der Waals surface area contributed by atoms with Crippen LogP contribution in [0.3, 0.4) is 0 Å². The van der Waals surface area contributed by atoms with E-state index in [1.54, 1.807) is 12.0 Å². The van der Waals surface area contributed by atoms with Gasteiger partial charge in [0, 0.05) is 13.7 Å². The number of rotatable bonds is 4. The highest BCUT2D eigenvalue weighted by Gasteiger charge is 2.30. The molecule has 18 heavy (non-hydrogen) atoms. The smallest absolute Gasteiger partial charge is 0.252 e. The van der Waals surface area contributed by atoms with Gasteiger partial charge < -0.3 is 19.3 Å². The summed E-state index contributed by atoms with van der Waals surface area (Å²) < 4.78 is 9.94. The van der Waals surface area contributed by atoms with Gasteiger partial charge in [-0.05, 0) is 19.3 Å². The van der Waals surface area contributed by atoms with Crippen molar-refractivity contribution in [3.63, 3.8) is 0 Å². The highest BCUT2D eigenvalue weighted by atomic mass is 16.5. The lowest BCUT2D eigenvalue weighted by molar-refractivity contribution is -0.138. The third-order valence-electron chi connectivity index (χ3n) is 3.01. The van der Waals surface area contributed by atoms with Gasteiger partial charge in [0.25, 0.3) is 5.89 Å². The summed E-state index contributed by atoms with van der Waals surface area (Å²) >= 11 is 0. The predicted octanol–water partition coefficient (Wildman–Crippen LogP) is 0.262. The van der Waals surface area contributed by atoms with Crippen LogP contribution in [0, 0.1) is 0 Å². The maximum absolute atomic E-state index is 11.6. The second kappa shape index (κ2) is 5.92. The number of aliphatic hydroxyl groups excluding tert-OH is 1. The van der Waals surface area contributed by atoms with Crippen molar-refractivity contribution in [1.82, 2.24) is 15.0 Å². The molecule has 100 valence electrons. The van der Waals surface area contributed by atoms with Crippen molar-refractivity contribution < 1.29 is 19.2 Å². The largest absolute Gasteiger partial charge is 0.387 e. The molecule has 2 rings (SSSR count). The van der Waals surface area contributed by atoms with E-state index in [1.165, 1.54) is 0 Å². The Hall–Kier alpha value is -1.47. The second-order valence-corrected chi connectivity index (χ2v) is 4.24. The molecule has 1 N–H and O–H groups in total. The molecule has 7 heteroatoms. The zero-order valence-electron chi connectivity index (χ0n) is 10.3. The van der Waals surface area contributed by atoms with Crippen molar-refractivity contribution in [2.45, 2.75) is 31.9 Å². The van der Waals surface area contributed by atoms with E-state index in [0.717, 1.165) is 19.3 Å². The van der Waals surface area contributed by atoms with Gasteiger partial charge in [-0.25, -0.2) is 0 Å². The average molecular weight is 255 g/mol. The van der Waals surface area contributed by atoms with Crippen molar-refractivity contribution in [2.24, 2.45) is 0 Å². The van der Waals surface area contributed by atoms with Gasteiger partial charge in [0.05, 0.1) is 6.04 Å². The number of hydrogen-bond donors (Lipinski definition) is 1. The molecular formula is C11H17N3O4. The van der Waals surface area contributed by atoms with Gasteiger partial charge in [-0.2, -0.15) is 4.98 Å². The Morgan fingerprint density at radius 3 is 3.17 bits per heavy atom. The normalized spacial score (nSPS) is 20.1. The molecule has 1 aliphatic heterocycles. The lowest BCUT2D eigenvalue weighted by Crippen LogP contribution is -2.40. The number of nitrogens with zero attached hydrogens (tertiary/aromatic N) is 3. The van der Waals surface area contributed by atoms with E-state index in [4.69, 9.17) is 14.4 Å². The SMILES string of the molecule is COCc1nc(C2CCCCN2C(=O)CO)no1. The Morgan fingerprint density at radius 2 is 2.44 bits per heavy atom. The third kappa shape index (κ3) is 2.68. The molecule has 1 unspecified atom stereocenters. The van der Waals surface area contributed by atoms with Gasteiger partial charge in [0.15, 0.2) is 5.82 Å². The van der Waals surface area contributed by atoms with Crippen LogP contribution in [0.4, 0.5) is 0 Å². The molecule has 1 aromatic rings. The summed E-state index contributed by atoms with van der Waals surface area (Å²) in [6.45, 7) is 0.394. The standard InChI is InChI=1S/C11H17N3O4/c1-17-7-9-12-11(13-18-9)8-4-2-3-5-14(8)10(16)6-15/h8,15H,2-7H2,1H3. The first-order valence-electron chi connectivity index (χ1n) is 5.98. The molecule has 0 aromatic carbocycles. The van der Waals surface area contributed by atoms with Gasteiger partial charge in [-0.1, -0.05) is 5.16 Å². The van der Waals surface area contributed by atoms with E-state index in [9.17, 15) is 4.79 Å². The molecule has 1 fully saturated rings. The molecule has 0 bridgehead atoms. The predicted molar refractivity (Wildman–Crippen MR) is 60.4 cm³/mol. The van der Waals surface area contributed by atoms with Crippen LogP contribution in [-0.2, 0) is 16.1 Å². The quantitative estimate of drug-likeness (QED) is 0.830. The maximum atomic E-state index is 11.6. The van der Waals surface area contributed by atoms with Crippen LogP contribution in [0.2, 0.25) is 0 Å². The lowest BCUT2D eigenvalue weighted by Gasteiger charge is -2.33.